The van der Waals surface area contributed by atoms with Crippen LogP contribution in [0.15, 0.2) is 28.7 Å². The van der Waals surface area contributed by atoms with E-state index in [1.807, 2.05) is 0 Å². The maximum absolute atomic E-state index is 12.9. The van der Waals surface area contributed by atoms with E-state index >= 15 is 0 Å². The van der Waals surface area contributed by atoms with E-state index < -0.39 is 5.91 Å². The highest BCUT2D eigenvalue weighted by Gasteiger charge is 2.32. The Kier molecular flexibility index (Phi) is 5.21. The molecule has 5 nitrogen and oxygen atoms in total. The monoisotopic (exact) mass is 439 g/mol. The molecule has 2 heterocycles. The Labute approximate surface area is 183 Å². The summed E-state index contributed by atoms with van der Waals surface area (Å²) < 4.78 is 5.48. The summed E-state index contributed by atoms with van der Waals surface area (Å²) in [5.74, 6) is 0.0794. The SMILES string of the molecule is CC(C)(C)C1CCc2c(sc(NC(=O)c3cc4cc(Cl)ccc4oc3=N)c2C#N)C1. The molecule has 154 valence electrons. The minimum absolute atomic E-state index is 0.104. The van der Waals surface area contributed by atoms with Gasteiger partial charge in [0.25, 0.3) is 5.91 Å². The van der Waals surface area contributed by atoms with E-state index in [1.165, 1.54) is 16.2 Å². The van der Waals surface area contributed by atoms with Gasteiger partial charge in [-0.05, 0) is 60.4 Å². The Bertz CT molecular complexity index is 1260. The molecule has 7 heteroatoms. The average molecular weight is 440 g/mol. The van der Waals surface area contributed by atoms with Crippen molar-refractivity contribution < 1.29 is 9.21 Å². The standard InChI is InChI=1S/C23H22ClN3O2S/c1-23(2,3)13-4-6-15-17(11-25)22(30-19(15)10-13)27-21(28)16-9-12-8-14(24)5-7-18(12)29-20(16)26/h5,7-9,13,26H,4,6,10H2,1-3H3,(H,27,28). The summed E-state index contributed by atoms with van der Waals surface area (Å²) >= 11 is 7.51. The number of carbonyl (C=O) groups excluding carboxylic acids is 1. The number of carbonyl (C=O) groups is 1. The number of halogens is 1. The summed E-state index contributed by atoms with van der Waals surface area (Å²) in [5.41, 5.74) is 2.16. The van der Waals surface area contributed by atoms with Gasteiger partial charge < -0.3 is 9.73 Å². The Morgan fingerprint density at radius 2 is 2.13 bits per heavy atom. The van der Waals surface area contributed by atoms with Crippen molar-refractivity contribution in [3.63, 3.8) is 0 Å². The quantitative estimate of drug-likeness (QED) is 0.520. The van der Waals surface area contributed by atoms with Crippen molar-refractivity contribution >= 4 is 44.8 Å². The molecule has 1 atom stereocenters. The largest absolute Gasteiger partial charge is 0.438 e. The fraction of sp³-hybridized carbons (Fsp3) is 0.348. The second kappa shape index (κ2) is 7.57. The second-order valence-electron chi connectivity index (χ2n) is 8.75. The molecule has 0 spiro atoms. The highest BCUT2D eigenvalue weighted by molar-refractivity contribution is 7.16. The number of thiophene rings is 1. The summed E-state index contributed by atoms with van der Waals surface area (Å²) in [7, 11) is 0. The van der Waals surface area contributed by atoms with Gasteiger partial charge in [-0.3, -0.25) is 10.2 Å². The predicted molar refractivity (Wildman–Crippen MR) is 119 cm³/mol. The van der Waals surface area contributed by atoms with E-state index in [9.17, 15) is 10.1 Å². The molecule has 2 N–H and O–H groups in total. The molecule has 1 unspecified atom stereocenters. The smallest absolute Gasteiger partial charge is 0.261 e. The minimum atomic E-state index is -0.465. The first kappa shape index (κ1) is 20.6. The van der Waals surface area contributed by atoms with Crippen molar-refractivity contribution in [2.24, 2.45) is 11.3 Å². The van der Waals surface area contributed by atoms with Gasteiger partial charge in [0.2, 0.25) is 5.55 Å². The van der Waals surface area contributed by atoms with Crippen molar-refractivity contribution in [2.75, 3.05) is 5.32 Å². The van der Waals surface area contributed by atoms with Gasteiger partial charge in [0.1, 0.15) is 22.2 Å². The van der Waals surface area contributed by atoms with Crippen LogP contribution in [0.3, 0.4) is 0 Å². The Morgan fingerprint density at radius 3 is 2.83 bits per heavy atom. The molecule has 4 rings (SSSR count). The molecule has 1 aliphatic rings. The van der Waals surface area contributed by atoms with Crippen molar-refractivity contribution in [3.8, 4) is 6.07 Å². The maximum Gasteiger partial charge on any atom is 0.261 e. The third-order valence-corrected chi connectivity index (χ3v) is 7.21. The van der Waals surface area contributed by atoms with E-state index in [-0.39, 0.29) is 16.5 Å². The Hall–Kier alpha value is -2.62. The molecule has 1 amide bonds. The summed E-state index contributed by atoms with van der Waals surface area (Å²) in [6, 6.07) is 8.90. The maximum atomic E-state index is 12.9. The molecule has 0 aliphatic heterocycles. The molecule has 3 aromatic rings. The van der Waals surface area contributed by atoms with Gasteiger partial charge in [0, 0.05) is 15.3 Å². The van der Waals surface area contributed by atoms with Crippen molar-refractivity contribution in [2.45, 2.75) is 40.0 Å². The van der Waals surface area contributed by atoms with Gasteiger partial charge in [0.05, 0.1) is 5.56 Å². The van der Waals surface area contributed by atoms with E-state index in [1.54, 1.807) is 24.3 Å². The fourth-order valence-electron chi connectivity index (χ4n) is 3.98. The van der Waals surface area contributed by atoms with Crippen LogP contribution in [0.5, 0.6) is 0 Å². The number of anilines is 1. The summed E-state index contributed by atoms with van der Waals surface area (Å²) in [6.07, 6.45) is 2.80. The lowest BCUT2D eigenvalue weighted by molar-refractivity contribution is 0.102. The zero-order valence-electron chi connectivity index (χ0n) is 17.1. The zero-order valence-corrected chi connectivity index (χ0v) is 18.6. The van der Waals surface area contributed by atoms with E-state index in [0.717, 1.165) is 24.8 Å². The van der Waals surface area contributed by atoms with Crippen molar-refractivity contribution in [3.05, 3.63) is 56.4 Å². The molecule has 1 aliphatic carbocycles. The first-order chi connectivity index (χ1) is 14.2. The van der Waals surface area contributed by atoms with Gasteiger partial charge in [0.15, 0.2) is 0 Å². The first-order valence-electron chi connectivity index (χ1n) is 9.81. The Balaban J connectivity index is 1.67. The topological polar surface area (TPSA) is 89.9 Å². The molecule has 0 fully saturated rings. The van der Waals surface area contributed by atoms with Crippen LogP contribution in [0.4, 0.5) is 5.00 Å². The van der Waals surface area contributed by atoms with Crippen LogP contribution < -0.4 is 10.9 Å². The van der Waals surface area contributed by atoms with Crippen molar-refractivity contribution in [1.29, 1.82) is 10.7 Å². The fourth-order valence-corrected chi connectivity index (χ4v) is 5.44. The predicted octanol–water partition coefficient (Wildman–Crippen LogP) is 5.90. The number of rotatable bonds is 2. The van der Waals surface area contributed by atoms with Gasteiger partial charge in [-0.15, -0.1) is 11.3 Å². The molecular weight excluding hydrogens is 418 g/mol. The van der Waals surface area contributed by atoms with Crippen molar-refractivity contribution in [1.82, 2.24) is 0 Å². The lowest BCUT2D eigenvalue weighted by Gasteiger charge is -2.33. The third kappa shape index (κ3) is 3.76. The number of fused-ring (bicyclic) bond motifs is 2. The molecule has 0 saturated heterocycles. The lowest BCUT2D eigenvalue weighted by Crippen LogP contribution is -2.26. The second-order valence-corrected chi connectivity index (χ2v) is 10.3. The minimum Gasteiger partial charge on any atom is -0.438 e. The summed E-state index contributed by atoms with van der Waals surface area (Å²) in [6.45, 7) is 6.74. The van der Waals surface area contributed by atoms with E-state index in [2.05, 4.69) is 32.2 Å². The van der Waals surface area contributed by atoms with Crippen LogP contribution >= 0.6 is 22.9 Å². The molecular formula is C23H22ClN3O2S. The number of nitriles is 1. The summed E-state index contributed by atoms with van der Waals surface area (Å²) in [4.78, 5) is 14.1. The van der Waals surface area contributed by atoms with Crippen LogP contribution in [0.1, 0.15) is 53.6 Å². The van der Waals surface area contributed by atoms with E-state index in [0.29, 0.717) is 32.5 Å². The van der Waals surface area contributed by atoms with Gasteiger partial charge in [-0.1, -0.05) is 32.4 Å². The number of nitrogens with one attached hydrogen (secondary N) is 2. The van der Waals surface area contributed by atoms with Crippen LogP contribution in [-0.2, 0) is 12.8 Å². The Morgan fingerprint density at radius 1 is 1.37 bits per heavy atom. The third-order valence-electron chi connectivity index (χ3n) is 5.80. The average Bonchev–Trinajstić information content (AvgIpc) is 3.03. The first-order valence-corrected chi connectivity index (χ1v) is 11.0. The lowest BCUT2D eigenvalue weighted by atomic mass is 9.72. The number of amides is 1. The molecule has 2 aromatic heterocycles. The molecule has 30 heavy (non-hydrogen) atoms. The normalized spacial score (nSPS) is 16.2. The molecule has 0 bridgehead atoms. The van der Waals surface area contributed by atoms with E-state index in [4.69, 9.17) is 21.4 Å². The molecule has 1 aromatic carbocycles. The highest BCUT2D eigenvalue weighted by atomic mass is 35.5. The van der Waals surface area contributed by atoms with Crippen LogP contribution in [0.2, 0.25) is 5.02 Å². The summed E-state index contributed by atoms with van der Waals surface area (Å²) in [5, 5.41) is 22.4. The van der Waals surface area contributed by atoms with Gasteiger partial charge in [-0.2, -0.15) is 5.26 Å². The number of nitrogens with zero attached hydrogens (tertiary/aromatic N) is 1. The van der Waals surface area contributed by atoms with Gasteiger partial charge in [-0.25, -0.2) is 0 Å². The number of hydrogen-bond acceptors (Lipinski definition) is 5. The zero-order chi connectivity index (χ0) is 21.6. The molecule has 0 radical (unpaired) electrons. The highest BCUT2D eigenvalue weighted by Crippen LogP contribution is 2.44. The van der Waals surface area contributed by atoms with Crippen LogP contribution in [0, 0.1) is 28.1 Å². The number of benzene rings is 1. The van der Waals surface area contributed by atoms with Crippen LogP contribution in [0.25, 0.3) is 11.0 Å². The number of hydrogen-bond donors (Lipinski definition) is 2. The van der Waals surface area contributed by atoms with Crippen LogP contribution in [-0.4, -0.2) is 5.91 Å². The molecule has 0 saturated carbocycles. The van der Waals surface area contributed by atoms with Gasteiger partial charge >= 0.3 is 0 Å².